The van der Waals surface area contributed by atoms with Crippen molar-refractivity contribution in [1.29, 1.82) is 0 Å². The van der Waals surface area contributed by atoms with Crippen LogP contribution in [0, 0.1) is 0 Å². The molecule has 1 fully saturated rings. The van der Waals surface area contributed by atoms with Gasteiger partial charge in [0.1, 0.15) is 11.4 Å². The predicted octanol–water partition coefficient (Wildman–Crippen LogP) is 1.05. The van der Waals surface area contributed by atoms with E-state index in [0.29, 0.717) is 12.5 Å². The summed E-state index contributed by atoms with van der Waals surface area (Å²) < 4.78 is 5.87. The first-order valence-corrected chi connectivity index (χ1v) is 4.70. The smallest absolute Gasteiger partial charge is 0.142 e. The fourth-order valence-corrected chi connectivity index (χ4v) is 2.19. The summed E-state index contributed by atoms with van der Waals surface area (Å²) in [6.07, 6.45) is 4.07. The van der Waals surface area contributed by atoms with Crippen molar-refractivity contribution in [2.75, 3.05) is 6.54 Å². The Morgan fingerprint density at radius 1 is 1.62 bits per heavy atom. The second-order valence-electron chi connectivity index (χ2n) is 3.84. The van der Waals surface area contributed by atoms with Gasteiger partial charge in [-0.15, -0.1) is 0 Å². The normalized spacial score (nSPS) is 27.0. The monoisotopic (exact) mass is 176 g/mol. The number of nitrogens with two attached hydrogens (primary N) is 1. The predicted molar refractivity (Wildman–Crippen MR) is 48.6 cm³/mol. The van der Waals surface area contributed by atoms with Gasteiger partial charge in [0.25, 0.3) is 0 Å². The molecule has 0 amide bonds. The fraction of sp³-hybridized carbons (Fsp3) is 0.500. The van der Waals surface area contributed by atoms with Crippen molar-refractivity contribution in [3.05, 3.63) is 24.0 Å². The molecule has 1 spiro atoms. The highest BCUT2D eigenvalue weighted by atomic mass is 16.5. The molecule has 68 valence electrons. The maximum atomic E-state index is 5.87. The quantitative estimate of drug-likeness (QED) is 0.695. The highest BCUT2D eigenvalue weighted by Crippen LogP contribution is 2.56. The third-order valence-electron chi connectivity index (χ3n) is 3.06. The van der Waals surface area contributed by atoms with Gasteiger partial charge in [0.15, 0.2) is 0 Å². The van der Waals surface area contributed by atoms with E-state index in [4.69, 9.17) is 10.5 Å². The first kappa shape index (κ1) is 7.33. The van der Waals surface area contributed by atoms with E-state index >= 15 is 0 Å². The average Bonchev–Trinajstić information content (AvgIpc) is 2.83. The topological polar surface area (TPSA) is 48.1 Å². The maximum absolute atomic E-state index is 5.87. The Hall–Kier alpha value is -1.09. The van der Waals surface area contributed by atoms with Crippen LogP contribution in [-0.4, -0.2) is 17.1 Å². The van der Waals surface area contributed by atoms with Gasteiger partial charge in [-0.1, -0.05) is 0 Å². The van der Waals surface area contributed by atoms with Crippen LogP contribution < -0.4 is 10.5 Å². The van der Waals surface area contributed by atoms with Crippen LogP contribution in [-0.2, 0) is 0 Å². The zero-order chi connectivity index (χ0) is 8.89. The molecule has 1 aromatic rings. The van der Waals surface area contributed by atoms with E-state index in [2.05, 4.69) is 4.98 Å². The van der Waals surface area contributed by atoms with Crippen molar-refractivity contribution in [1.82, 2.24) is 4.98 Å². The van der Waals surface area contributed by atoms with E-state index < -0.39 is 0 Å². The summed E-state index contributed by atoms with van der Waals surface area (Å²) in [5.41, 5.74) is 6.84. The number of nitrogens with zero attached hydrogens (tertiary/aromatic N) is 1. The Morgan fingerprint density at radius 3 is 3.15 bits per heavy atom. The van der Waals surface area contributed by atoms with Crippen molar-refractivity contribution < 1.29 is 4.74 Å². The minimum absolute atomic E-state index is 0.0332. The van der Waals surface area contributed by atoms with Gasteiger partial charge in [0, 0.05) is 12.7 Å². The van der Waals surface area contributed by atoms with Crippen LogP contribution in [0.15, 0.2) is 18.3 Å². The zero-order valence-electron chi connectivity index (χ0n) is 7.36. The number of ether oxygens (including phenoxy) is 1. The minimum atomic E-state index is 0.0332. The summed E-state index contributed by atoms with van der Waals surface area (Å²) in [5, 5.41) is 0. The van der Waals surface area contributed by atoms with Crippen molar-refractivity contribution in [3.8, 4) is 5.75 Å². The molecule has 2 heterocycles. The molecule has 0 saturated heterocycles. The molecule has 3 nitrogen and oxygen atoms in total. The van der Waals surface area contributed by atoms with Gasteiger partial charge in [-0.3, -0.25) is 4.98 Å². The minimum Gasteiger partial charge on any atom is -0.485 e. The first-order valence-electron chi connectivity index (χ1n) is 4.70. The van der Waals surface area contributed by atoms with E-state index in [0.717, 1.165) is 24.3 Å². The summed E-state index contributed by atoms with van der Waals surface area (Å²) in [4.78, 5) is 4.34. The van der Waals surface area contributed by atoms with Crippen molar-refractivity contribution in [2.24, 2.45) is 5.73 Å². The lowest BCUT2D eigenvalue weighted by Gasteiger charge is -2.14. The fourth-order valence-electron chi connectivity index (χ4n) is 2.19. The molecule has 2 aliphatic rings. The second-order valence-corrected chi connectivity index (χ2v) is 3.84. The van der Waals surface area contributed by atoms with Crippen LogP contribution in [0.1, 0.15) is 24.5 Å². The van der Waals surface area contributed by atoms with Crippen LogP contribution >= 0.6 is 0 Å². The van der Waals surface area contributed by atoms with Gasteiger partial charge in [-0.25, -0.2) is 0 Å². The van der Waals surface area contributed by atoms with E-state index in [1.165, 1.54) is 0 Å². The Morgan fingerprint density at radius 2 is 2.46 bits per heavy atom. The molecule has 1 saturated carbocycles. The van der Waals surface area contributed by atoms with Crippen LogP contribution in [0.4, 0.5) is 0 Å². The molecule has 1 aliphatic carbocycles. The van der Waals surface area contributed by atoms with Gasteiger partial charge in [-0.05, 0) is 25.0 Å². The molecule has 3 rings (SSSR count). The lowest BCUT2D eigenvalue weighted by atomic mass is 9.98. The summed E-state index contributed by atoms with van der Waals surface area (Å²) in [5.74, 6) is 1.26. The third-order valence-corrected chi connectivity index (χ3v) is 3.06. The summed E-state index contributed by atoms with van der Waals surface area (Å²) in [6, 6.07) is 3.89. The van der Waals surface area contributed by atoms with Crippen molar-refractivity contribution in [3.63, 3.8) is 0 Å². The number of aromatic nitrogens is 1. The first-order chi connectivity index (χ1) is 6.36. The highest BCUT2D eigenvalue weighted by molar-refractivity contribution is 5.41. The number of rotatable bonds is 1. The summed E-state index contributed by atoms with van der Waals surface area (Å²) in [6.45, 7) is 0.643. The second kappa shape index (κ2) is 2.23. The van der Waals surface area contributed by atoms with E-state index in [-0.39, 0.29) is 5.60 Å². The number of hydrogen-bond donors (Lipinski definition) is 1. The Kier molecular flexibility index (Phi) is 1.26. The number of pyridine rings is 1. The molecule has 0 unspecified atom stereocenters. The van der Waals surface area contributed by atoms with Gasteiger partial charge in [0.05, 0.1) is 11.6 Å². The molecule has 0 radical (unpaired) electrons. The summed E-state index contributed by atoms with van der Waals surface area (Å²) >= 11 is 0. The SMILES string of the molecule is NC[C@@H]1c2ncccc2OC12CC2. The van der Waals surface area contributed by atoms with Crippen molar-refractivity contribution >= 4 is 0 Å². The Bertz CT molecular complexity index is 347. The molecule has 0 aromatic carbocycles. The highest BCUT2D eigenvalue weighted by Gasteiger charge is 2.57. The van der Waals surface area contributed by atoms with Gasteiger partial charge < -0.3 is 10.5 Å². The lowest BCUT2D eigenvalue weighted by molar-refractivity contribution is 0.184. The molecular formula is C10H12N2O. The van der Waals surface area contributed by atoms with Crippen LogP contribution in [0.2, 0.25) is 0 Å². The molecule has 13 heavy (non-hydrogen) atoms. The molecular weight excluding hydrogens is 164 g/mol. The molecule has 3 heteroatoms. The van der Waals surface area contributed by atoms with E-state index in [9.17, 15) is 0 Å². The molecule has 2 N–H and O–H groups in total. The average molecular weight is 176 g/mol. The largest absolute Gasteiger partial charge is 0.485 e. The van der Waals surface area contributed by atoms with Crippen LogP contribution in [0.3, 0.4) is 0 Å². The molecule has 1 aliphatic heterocycles. The number of fused-ring (bicyclic) bond motifs is 1. The zero-order valence-corrected chi connectivity index (χ0v) is 7.36. The lowest BCUT2D eigenvalue weighted by Crippen LogP contribution is -2.27. The van der Waals surface area contributed by atoms with Gasteiger partial charge in [0.2, 0.25) is 0 Å². The number of hydrogen-bond acceptors (Lipinski definition) is 3. The molecule has 0 bridgehead atoms. The standard InChI is InChI=1S/C10H12N2O/c11-6-7-9-8(2-1-5-12-9)13-10(7)3-4-10/h1-2,5,7H,3-4,6,11H2/t7-/m1/s1. The summed E-state index contributed by atoms with van der Waals surface area (Å²) in [7, 11) is 0. The van der Waals surface area contributed by atoms with E-state index in [1.807, 2.05) is 18.3 Å². The molecule has 1 aromatic heterocycles. The van der Waals surface area contributed by atoms with Gasteiger partial charge >= 0.3 is 0 Å². The van der Waals surface area contributed by atoms with Gasteiger partial charge in [-0.2, -0.15) is 0 Å². The van der Waals surface area contributed by atoms with E-state index in [1.54, 1.807) is 0 Å². The van der Waals surface area contributed by atoms with Crippen molar-refractivity contribution in [2.45, 2.75) is 24.4 Å². The van der Waals surface area contributed by atoms with Crippen LogP contribution in [0.5, 0.6) is 5.75 Å². The maximum Gasteiger partial charge on any atom is 0.142 e. The third kappa shape index (κ3) is 0.851. The molecule has 1 atom stereocenters. The van der Waals surface area contributed by atoms with Crippen LogP contribution in [0.25, 0.3) is 0 Å². The Balaban J connectivity index is 2.09. The Labute approximate surface area is 76.9 Å².